The minimum absolute atomic E-state index is 0.627. The van der Waals surface area contributed by atoms with Gasteiger partial charge in [-0.1, -0.05) is 53.6 Å². The maximum atomic E-state index is 11.6. The van der Waals surface area contributed by atoms with Gasteiger partial charge in [0.05, 0.1) is 5.41 Å². The highest BCUT2D eigenvalue weighted by atomic mass is 35.5. The minimum Gasteiger partial charge on any atom is -0.302 e. The van der Waals surface area contributed by atoms with E-state index in [1.54, 1.807) is 0 Å². The van der Waals surface area contributed by atoms with Crippen LogP contribution in [0.15, 0.2) is 48.5 Å². The molecule has 0 spiro atoms. The molecule has 0 aliphatic carbocycles. The van der Waals surface area contributed by atoms with Crippen molar-refractivity contribution in [2.24, 2.45) is 0 Å². The van der Waals surface area contributed by atoms with Crippen molar-refractivity contribution in [1.29, 1.82) is 0 Å². The molecule has 0 bridgehead atoms. The maximum absolute atomic E-state index is 11.6. The van der Waals surface area contributed by atoms with E-state index in [1.165, 1.54) is 5.56 Å². The molecule has 2 heteroatoms. The molecule has 0 aliphatic heterocycles. The molecule has 1 nitrogen and oxygen atoms in total. The topological polar surface area (TPSA) is 17.1 Å². The van der Waals surface area contributed by atoms with Gasteiger partial charge in [-0.2, -0.15) is 0 Å². The van der Waals surface area contributed by atoms with Crippen molar-refractivity contribution in [3.8, 4) is 0 Å². The van der Waals surface area contributed by atoms with E-state index in [9.17, 15) is 4.79 Å². The third kappa shape index (κ3) is 2.32. The molecule has 1 unspecified atom stereocenters. The highest BCUT2D eigenvalue weighted by Gasteiger charge is 2.28. The number of carbonyl (C=O) groups excluding carboxylic acids is 1. The summed E-state index contributed by atoms with van der Waals surface area (Å²) >= 11 is 5.88. The van der Waals surface area contributed by atoms with Crippen LogP contribution in [0.5, 0.6) is 0 Å². The molecule has 0 aliphatic rings. The van der Waals surface area contributed by atoms with Gasteiger partial charge in [-0.3, -0.25) is 0 Å². The molecule has 0 heterocycles. The van der Waals surface area contributed by atoms with Crippen molar-refractivity contribution in [2.45, 2.75) is 19.3 Å². The predicted molar refractivity (Wildman–Crippen MR) is 75.1 cm³/mol. The Bertz CT molecular complexity index is 495. The Balaban J connectivity index is 2.50. The first-order chi connectivity index (χ1) is 8.56. The summed E-state index contributed by atoms with van der Waals surface area (Å²) in [6.07, 6.45) is 0.987. The van der Waals surface area contributed by atoms with Gasteiger partial charge in [0.15, 0.2) is 0 Å². The molecule has 0 amide bonds. The molecule has 2 aromatic carbocycles. The van der Waals surface area contributed by atoms with E-state index >= 15 is 0 Å². The van der Waals surface area contributed by atoms with Gasteiger partial charge in [-0.15, -0.1) is 0 Å². The highest BCUT2D eigenvalue weighted by molar-refractivity contribution is 6.30. The predicted octanol–water partition coefficient (Wildman–Crippen LogP) is 4.15. The van der Waals surface area contributed by atoms with E-state index in [2.05, 4.69) is 0 Å². The molecule has 18 heavy (non-hydrogen) atoms. The Labute approximate surface area is 112 Å². The highest BCUT2D eigenvalue weighted by Crippen LogP contribution is 2.30. The van der Waals surface area contributed by atoms with Gasteiger partial charge in [0, 0.05) is 5.02 Å². The van der Waals surface area contributed by atoms with Crippen LogP contribution in [0, 0.1) is 6.92 Å². The molecule has 0 aromatic heterocycles. The van der Waals surface area contributed by atoms with Gasteiger partial charge in [0.25, 0.3) is 0 Å². The summed E-state index contributed by atoms with van der Waals surface area (Å²) in [5.41, 5.74) is 2.50. The van der Waals surface area contributed by atoms with Crippen molar-refractivity contribution in [1.82, 2.24) is 0 Å². The van der Waals surface area contributed by atoms with E-state index in [0.29, 0.717) is 5.02 Å². The van der Waals surface area contributed by atoms with Gasteiger partial charge in [0.1, 0.15) is 6.29 Å². The quantitative estimate of drug-likeness (QED) is 0.756. The minimum atomic E-state index is -0.627. The van der Waals surface area contributed by atoms with Crippen LogP contribution in [0.3, 0.4) is 0 Å². The number of benzene rings is 2. The summed E-state index contributed by atoms with van der Waals surface area (Å²) in [4.78, 5) is 11.6. The van der Waals surface area contributed by atoms with Crippen LogP contribution in [0.4, 0.5) is 0 Å². The molecule has 2 rings (SSSR count). The average molecular weight is 259 g/mol. The largest absolute Gasteiger partial charge is 0.302 e. The van der Waals surface area contributed by atoms with Crippen LogP contribution in [-0.2, 0) is 10.2 Å². The third-order valence-corrected chi connectivity index (χ3v) is 3.58. The van der Waals surface area contributed by atoms with Gasteiger partial charge in [0.2, 0.25) is 0 Å². The van der Waals surface area contributed by atoms with E-state index in [0.717, 1.165) is 17.4 Å². The lowest BCUT2D eigenvalue weighted by molar-refractivity contribution is -0.110. The SMILES string of the molecule is Cc1ccc(C(C)(C=O)c2ccc(Cl)cc2)cc1. The fourth-order valence-electron chi connectivity index (χ4n) is 2.00. The number of aryl methyl sites for hydroxylation is 1. The number of aldehydes is 1. The Kier molecular flexibility index (Phi) is 3.53. The zero-order chi connectivity index (χ0) is 13.2. The van der Waals surface area contributed by atoms with Crippen LogP contribution >= 0.6 is 11.6 Å². The zero-order valence-corrected chi connectivity index (χ0v) is 11.2. The van der Waals surface area contributed by atoms with Crippen molar-refractivity contribution in [2.75, 3.05) is 0 Å². The molecule has 0 fully saturated rings. The molecule has 0 saturated heterocycles. The van der Waals surface area contributed by atoms with E-state index in [-0.39, 0.29) is 0 Å². The summed E-state index contributed by atoms with van der Waals surface area (Å²) in [5, 5.41) is 0.677. The average Bonchev–Trinajstić information content (AvgIpc) is 2.39. The number of rotatable bonds is 3. The second-order valence-electron chi connectivity index (χ2n) is 4.69. The fraction of sp³-hybridized carbons (Fsp3) is 0.188. The Morgan fingerprint density at radius 3 is 1.83 bits per heavy atom. The summed E-state index contributed by atoms with van der Waals surface area (Å²) in [6.45, 7) is 3.96. The Hall–Kier alpha value is -1.60. The van der Waals surface area contributed by atoms with Gasteiger partial charge in [-0.25, -0.2) is 0 Å². The fourth-order valence-corrected chi connectivity index (χ4v) is 2.12. The molecule has 1 atom stereocenters. The lowest BCUT2D eigenvalue weighted by Crippen LogP contribution is -2.25. The number of carbonyl (C=O) groups is 1. The smallest absolute Gasteiger partial charge is 0.134 e. The second kappa shape index (κ2) is 4.95. The second-order valence-corrected chi connectivity index (χ2v) is 5.13. The first-order valence-corrected chi connectivity index (χ1v) is 6.23. The number of hydrogen-bond acceptors (Lipinski definition) is 1. The monoisotopic (exact) mass is 258 g/mol. The first kappa shape index (κ1) is 12.8. The third-order valence-electron chi connectivity index (χ3n) is 3.33. The Morgan fingerprint density at radius 1 is 0.944 bits per heavy atom. The molecule has 0 radical (unpaired) electrons. The standard InChI is InChI=1S/C16H15ClO/c1-12-3-5-13(6-4-12)16(2,11-18)14-7-9-15(17)10-8-14/h3-11H,1-2H3. The zero-order valence-electron chi connectivity index (χ0n) is 10.5. The number of hydrogen-bond donors (Lipinski definition) is 0. The molecular weight excluding hydrogens is 244 g/mol. The first-order valence-electron chi connectivity index (χ1n) is 5.86. The van der Waals surface area contributed by atoms with Crippen LogP contribution < -0.4 is 0 Å². The maximum Gasteiger partial charge on any atom is 0.134 e. The summed E-state index contributed by atoms with van der Waals surface area (Å²) in [6, 6.07) is 15.5. The summed E-state index contributed by atoms with van der Waals surface area (Å²) < 4.78 is 0. The van der Waals surface area contributed by atoms with Gasteiger partial charge in [-0.05, 0) is 37.1 Å². The van der Waals surface area contributed by atoms with Crippen LogP contribution in [-0.4, -0.2) is 6.29 Å². The van der Waals surface area contributed by atoms with Crippen molar-refractivity contribution in [3.05, 3.63) is 70.2 Å². The van der Waals surface area contributed by atoms with Gasteiger partial charge >= 0.3 is 0 Å². The van der Waals surface area contributed by atoms with Crippen molar-refractivity contribution < 1.29 is 4.79 Å². The van der Waals surface area contributed by atoms with Crippen LogP contribution in [0.25, 0.3) is 0 Å². The molecule has 92 valence electrons. The summed E-state index contributed by atoms with van der Waals surface area (Å²) in [7, 11) is 0. The molecule has 2 aromatic rings. The lowest BCUT2D eigenvalue weighted by atomic mass is 9.77. The normalized spacial score (nSPS) is 13.9. The van der Waals surface area contributed by atoms with Gasteiger partial charge < -0.3 is 4.79 Å². The molecule has 0 saturated carbocycles. The molecule has 0 N–H and O–H groups in total. The van der Waals surface area contributed by atoms with E-state index in [4.69, 9.17) is 11.6 Å². The Morgan fingerprint density at radius 2 is 1.39 bits per heavy atom. The number of halogens is 1. The van der Waals surface area contributed by atoms with E-state index in [1.807, 2.05) is 62.4 Å². The summed E-state index contributed by atoms with van der Waals surface area (Å²) in [5.74, 6) is 0. The van der Waals surface area contributed by atoms with Crippen molar-refractivity contribution >= 4 is 17.9 Å². The van der Waals surface area contributed by atoms with E-state index < -0.39 is 5.41 Å². The van der Waals surface area contributed by atoms with Crippen LogP contribution in [0.1, 0.15) is 23.6 Å². The van der Waals surface area contributed by atoms with Crippen molar-refractivity contribution in [3.63, 3.8) is 0 Å². The molecular formula is C16H15ClO. The lowest BCUT2D eigenvalue weighted by Gasteiger charge is -2.24. The van der Waals surface area contributed by atoms with Crippen LogP contribution in [0.2, 0.25) is 5.02 Å².